The van der Waals surface area contributed by atoms with Crippen LogP contribution in [0.5, 0.6) is 5.75 Å². The Morgan fingerprint density at radius 3 is 2.91 bits per heavy atom. The Bertz CT molecular complexity index is 712. The molecule has 2 aromatic rings. The van der Waals surface area contributed by atoms with Crippen molar-refractivity contribution < 1.29 is 9.53 Å². The molecular formula is C17H21N3O2S. The number of nitrogens with zero attached hydrogens (tertiary/aromatic N) is 3. The maximum Gasteiger partial charge on any atom is 0.265 e. The zero-order chi connectivity index (χ0) is 16.4. The Balaban J connectivity index is 1.88. The Kier molecular flexibility index (Phi) is 4.63. The first kappa shape index (κ1) is 16.0. The van der Waals surface area contributed by atoms with Gasteiger partial charge in [0.25, 0.3) is 5.91 Å². The second-order valence-corrected chi connectivity index (χ2v) is 6.99. The fourth-order valence-corrected chi connectivity index (χ4v) is 3.27. The second-order valence-electron chi connectivity index (χ2n) is 5.93. The van der Waals surface area contributed by atoms with Gasteiger partial charge in [0.15, 0.2) is 6.61 Å². The van der Waals surface area contributed by atoms with Gasteiger partial charge in [0.1, 0.15) is 5.75 Å². The smallest absolute Gasteiger partial charge is 0.265 e. The molecule has 0 radical (unpaired) electrons. The van der Waals surface area contributed by atoms with E-state index in [0.717, 1.165) is 40.7 Å². The summed E-state index contributed by atoms with van der Waals surface area (Å²) in [5.41, 5.74) is 2.81. The van der Waals surface area contributed by atoms with E-state index in [-0.39, 0.29) is 12.5 Å². The third kappa shape index (κ3) is 3.54. The van der Waals surface area contributed by atoms with Crippen molar-refractivity contribution >= 4 is 22.9 Å². The van der Waals surface area contributed by atoms with Crippen molar-refractivity contribution in [3.63, 3.8) is 0 Å². The van der Waals surface area contributed by atoms with Crippen LogP contribution in [-0.2, 0) is 4.79 Å². The fourth-order valence-electron chi connectivity index (χ4n) is 2.65. The molecule has 0 saturated heterocycles. The number of benzene rings is 1. The molecule has 122 valence electrons. The molecule has 23 heavy (non-hydrogen) atoms. The predicted molar refractivity (Wildman–Crippen MR) is 93.3 cm³/mol. The highest BCUT2D eigenvalue weighted by Gasteiger charge is 2.25. The molecule has 1 aliphatic rings. The number of carbonyl (C=O) groups is 1. The van der Waals surface area contributed by atoms with Crippen molar-refractivity contribution in [3.8, 4) is 17.0 Å². The molecule has 5 nitrogen and oxygen atoms in total. The Morgan fingerprint density at radius 1 is 1.39 bits per heavy atom. The van der Waals surface area contributed by atoms with Crippen LogP contribution in [0.3, 0.4) is 0 Å². The summed E-state index contributed by atoms with van der Waals surface area (Å²) in [4.78, 5) is 20.7. The maximum absolute atomic E-state index is 12.3. The molecule has 0 N–H and O–H groups in total. The molecule has 2 heterocycles. The van der Waals surface area contributed by atoms with Gasteiger partial charge in [-0.05, 0) is 52.2 Å². The highest BCUT2D eigenvalue weighted by Crippen LogP contribution is 2.36. The molecule has 1 aromatic carbocycles. The average molecular weight is 331 g/mol. The summed E-state index contributed by atoms with van der Waals surface area (Å²) in [7, 11) is 4.08. The summed E-state index contributed by atoms with van der Waals surface area (Å²) >= 11 is 1.63. The summed E-state index contributed by atoms with van der Waals surface area (Å²) in [6.45, 7) is 3.76. The molecule has 0 bridgehead atoms. The topological polar surface area (TPSA) is 45.7 Å². The van der Waals surface area contributed by atoms with Gasteiger partial charge in [-0.3, -0.25) is 4.79 Å². The minimum absolute atomic E-state index is 0.0165. The Hall–Kier alpha value is -1.92. The predicted octanol–water partition coefficient (Wildman–Crippen LogP) is 2.80. The lowest BCUT2D eigenvalue weighted by Crippen LogP contribution is -2.40. The van der Waals surface area contributed by atoms with E-state index in [1.54, 1.807) is 11.3 Å². The van der Waals surface area contributed by atoms with Gasteiger partial charge in [-0.1, -0.05) is 0 Å². The first-order valence-corrected chi connectivity index (χ1v) is 8.57. The van der Waals surface area contributed by atoms with E-state index >= 15 is 0 Å². The largest absolute Gasteiger partial charge is 0.482 e. The molecule has 0 fully saturated rings. The van der Waals surface area contributed by atoms with E-state index in [2.05, 4.69) is 9.88 Å². The van der Waals surface area contributed by atoms with Crippen LogP contribution < -0.4 is 9.64 Å². The van der Waals surface area contributed by atoms with Crippen molar-refractivity contribution in [2.75, 3.05) is 38.7 Å². The van der Waals surface area contributed by atoms with Crippen LogP contribution in [0.1, 0.15) is 11.4 Å². The number of rotatable bonds is 5. The Morgan fingerprint density at radius 2 is 2.22 bits per heavy atom. The van der Waals surface area contributed by atoms with Gasteiger partial charge in [-0.25, -0.2) is 4.98 Å². The quantitative estimate of drug-likeness (QED) is 0.845. The van der Waals surface area contributed by atoms with Crippen LogP contribution in [0.2, 0.25) is 0 Å². The monoisotopic (exact) mass is 331 g/mol. The van der Waals surface area contributed by atoms with Crippen molar-refractivity contribution in [1.82, 2.24) is 9.88 Å². The van der Waals surface area contributed by atoms with Gasteiger partial charge >= 0.3 is 0 Å². The molecule has 1 aliphatic heterocycles. The number of aromatic nitrogens is 1. The Labute approximate surface area is 140 Å². The first-order chi connectivity index (χ1) is 11.0. The molecule has 1 aromatic heterocycles. The molecule has 0 unspecified atom stereocenters. The third-order valence-corrected chi connectivity index (χ3v) is 4.58. The average Bonchev–Trinajstić information content (AvgIpc) is 2.95. The van der Waals surface area contributed by atoms with E-state index in [9.17, 15) is 4.79 Å². The third-order valence-electron chi connectivity index (χ3n) is 3.80. The number of hydrogen-bond donors (Lipinski definition) is 0. The summed E-state index contributed by atoms with van der Waals surface area (Å²) in [6, 6.07) is 5.95. The van der Waals surface area contributed by atoms with Crippen LogP contribution in [0, 0.1) is 6.92 Å². The van der Waals surface area contributed by atoms with E-state index in [4.69, 9.17) is 4.74 Å². The molecule has 0 spiro atoms. The normalized spacial score (nSPS) is 14.1. The molecule has 1 amide bonds. The van der Waals surface area contributed by atoms with Crippen LogP contribution in [0.15, 0.2) is 23.6 Å². The number of hydrogen-bond acceptors (Lipinski definition) is 5. The lowest BCUT2D eigenvalue weighted by atomic mass is 10.1. The van der Waals surface area contributed by atoms with Gasteiger partial charge in [0.2, 0.25) is 0 Å². The summed E-state index contributed by atoms with van der Waals surface area (Å²) in [6.07, 6.45) is 0.929. The van der Waals surface area contributed by atoms with Crippen molar-refractivity contribution in [3.05, 3.63) is 28.6 Å². The van der Waals surface area contributed by atoms with Gasteiger partial charge in [0, 0.05) is 17.5 Å². The van der Waals surface area contributed by atoms with Crippen molar-refractivity contribution in [2.45, 2.75) is 13.3 Å². The van der Waals surface area contributed by atoms with E-state index in [0.29, 0.717) is 6.54 Å². The van der Waals surface area contributed by atoms with Gasteiger partial charge in [0.05, 0.1) is 16.4 Å². The SMILES string of the molecule is Cc1nc(-c2ccc3c(c2)N(CCCN(C)C)C(=O)CO3)cs1. The number of fused-ring (bicyclic) bond motifs is 1. The molecule has 0 saturated carbocycles. The zero-order valence-corrected chi connectivity index (χ0v) is 14.5. The molecule has 0 aliphatic carbocycles. The summed E-state index contributed by atoms with van der Waals surface area (Å²) in [5, 5.41) is 3.08. The number of thiazole rings is 1. The minimum atomic E-state index is 0.0165. The number of anilines is 1. The first-order valence-electron chi connectivity index (χ1n) is 7.69. The van der Waals surface area contributed by atoms with Crippen LogP contribution in [0.4, 0.5) is 5.69 Å². The number of amides is 1. The highest BCUT2D eigenvalue weighted by molar-refractivity contribution is 7.09. The van der Waals surface area contributed by atoms with E-state index in [1.807, 2.05) is 49.5 Å². The minimum Gasteiger partial charge on any atom is -0.482 e. The fraction of sp³-hybridized carbons (Fsp3) is 0.412. The maximum atomic E-state index is 12.3. The number of ether oxygens (including phenoxy) is 1. The van der Waals surface area contributed by atoms with Crippen molar-refractivity contribution in [2.24, 2.45) is 0 Å². The van der Waals surface area contributed by atoms with Gasteiger partial charge in [-0.15, -0.1) is 11.3 Å². The van der Waals surface area contributed by atoms with Crippen LogP contribution in [-0.4, -0.2) is 49.6 Å². The van der Waals surface area contributed by atoms with E-state index in [1.165, 1.54) is 0 Å². The molecule has 6 heteroatoms. The molecule has 3 rings (SSSR count). The lowest BCUT2D eigenvalue weighted by molar-refractivity contribution is -0.121. The van der Waals surface area contributed by atoms with Crippen LogP contribution in [0.25, 0.3) is 11.3 Å². The summed E-state index contributed by atoms with van der Waals surface area (Å²) in [5.74, 6) is 0.785. The second kappa shape index (κ2) is 6.68. The van der Waals surface area contributed by atoms with Crippen LogP contribution >= 0.6 is 11.3 Å². The van der Waals surface area contributed by atoms with Crippen molar-refractivity contribution in [1.29, 1.82) is 0 Å². The summed E-state index contributed by atoms with van der Waals surface area (Å²) < 4.78 is 5.57. The zero-order valence-electron chi connectivity index (χ0n) is 13.7. The molecular weight excluding hydrogens is 310 g/mol. The molecule has 0 atom stereocenters. The van der Waals surface area contributed by atoms with Gasteiger partial charge < -0.3 is 14.5 Å². The highest BCUT2D eigenvalue weighted by atomic mass is 32.1. The van der Waals surface area contributed by atoms with E-state index < -0.39 is 0 Å². The number of aryl methyl sites for hydroxylation is 1. The lowest BCUT2D eigenvalue weighted by Gasteiger charge is -2.30. The number of carbonyl (C=O) groups excluding carboxylic acids is 1. The van der Waals surface area contributed by atoms with Gasteiger partial charge in [-0.2, -0.15) is 0 Å². The standard InChI is InChI=1S/C17H21N3O2S/c1-12-18-14(11-23-12)13-5-6-16-15(9-13)20(17(21)10-22-16)8-4-7-19(2)3/h5-6,9,11H,4,7-8,10H2,1-3H3.